The van der Waals surface area contributed by atoms with Crippen LogP contribution in [-0.4, -0.2) is 43.4 Å². The van der Waals surface area contributed by atoms with Crippen LogP contribution in [0.4, 0.5) is 4.79 Å². The molecule has 4 saturated carbocycles. The van der Waals surface area contributed by atoms with Gasteiger partial charge >= 0.3 is 6.03 Å². The molecule has 0 aromatic heterocycles. The molecular weight excluding hydrogens is 584 g/mol. The van der Waals surface area contributed by atoms with E-state index >= 15 is 0 Å². The molecule has 0 saturated heterocycles. The van der Waals surface area contributed by atoms with E-state index in [0.717, 1.165) is 44.1 Å². The Balaban J connectivity index is 1.21. The fourth-order valence-electron chi connectivity index (χ4n) is 11.1. The van der Waals surface area contributed by atoms with Gasteiger partial charge in [-0.3, -0.25) is 0 Å². The van der Waals surface area contributed by atoms with E-state index in [0.29, 0.717) is 42.1 Å². The van der Waals surface area contributed by atoms with Gasteiger partial charge in [-0.25, -0.2) is 17.9 Å². The van der Waals surface area contributed by atoms with Crippen LogP contribution in [0.5, 0.6) is 0 Å². The molecule has 4 aliphatic carbocycles. The summed E-state index contributed by atoms with van der Waals surface area (Å²) < 4.78 is 28.1. The smallest absolute Gasteiger partial charge is 0.328 e. The molecule has 1 aromatic carbocycles. The van der Waals surface area contributed by atoms with Gasteiger partial charge in [0, 0.05) is 6.54 Å². The minimum Gasteiger partial charge on any atom is -0.393 e. The van der Waals surface area contributed by atoms with Gasteiger partial charge in [0.05, 0.1) is 17.1 Å². The molecule has 0 spiro atoms. The standard InChI is InChI=1S/C37H60N2O5S/c1-8-27-32-21-25(40)14-17-37(32,7)31-15-18-36(6)29(12-13-30(36)28(31)22-33(27)41)23(2)16-19-38-34(42)39-45(43,44)26-11-9-10-24(20-26)35(3,4)5/h9-11,20,23,25,27-33,40-41H,8,12-19,21-22H2,1-7H3,(H2,38,39,42)/t23-,25-,27-,28-,29-,30+,31+,32+,33?,36-,37-/m1/s1. The summed E-state index contributed by atoms with van der Waals surface area (Å²) in [7, 11) is -3.97. The predicted molar refractivity (Wildman–Crippen MR) is 179 cm³/mol. The molecule has 0 aliphatic heterocycles. The van der Waals surface area contributed by atoms with Crippen LogP contribution in [0.3, 0.4) is 0 Å². The second kappa shape index (κ2) is 12.8. The van der Waals surface area contributed by atoms with Crippen molar-refractivity contribution in [1.29, 1.82) is 0 Å². The fraction of sp³-hybridized carbons (Fsp3) is 0.811. The van der Waals surface area contributed by atoms with Crippen molar-refractivity contribution in [3.63, 3.8) is 0 Å². The molecule has 0 heterocycles. The minimum atomic E-state index is -3.97. The normalized spacial score (nSPS) is 39.1. The third kappa shape index (κ3) is 6.59. The zero-order valence-corrected chi connectivity index (χ0v) is 29.6. The maximum atomic E-state index is 13.0. The van der Waals surface area contributed by atoms with Gasteiger partial charge in [0.2, 0.25) is 0 Å². The SMILES string of the molecule is CC[C@H]1C(O)C[C@H]2[C@H](CC[C@]3(C)[C@@H]([C@H](C)CCNC(=O)NS(=O)(=O)c4cccc(C(C)(C)C)c4)CC[C@@H]23)[C@@]2(C)CC[C@@H](O)C[C@@H]12. The van der Waals surface area contributed by atoms with Crippen LogP contribution in [0.15, 0.2) is 29.2 Å². The highest BCUT2D eigenvalue weighted by molar-refractivity contribution is 7.90. The van der Waals surface area contributed by atoms with Gasteiger partial charge in [-0.05, 0) is 133 Å². The maximum absolute atomic E-state index is 13.0. The number of benzene rings is 1. The number of hydrogen-bond acceptors (Lipinski definition) is 5. The van der Waals surface area contributed by atoms with Crippen molar-refractivity contribution >= 4 is 16.1 Å². The molecule has 0 bridgehead atoms. The number of urea groups is 1. The first-order valence-electron chi connectivity index (χ1n) is 17.8. The lowest BCUT2D eigenvalue weighted by atomic mass is 9.48. The summed E-state index contributed by atoms with van der Waals surface area (Å²) in [6.07, 6.45) is 9.68. The van der Waals surface area contributed by atoms with Crippen LogP contribution in [0, 0.1) is 52.3 Å². The fourth-order valence-corrected chi connectivity index (χ4v) is 12.1. The Morgan fingerprint density at radius 2 is 1.69 bits per heavy atom. The zero-order valence-electron chi connectivity index (χ0n) is 28.8. The van der Waals surface area contributed by atoms with E-state index in [1.54, 1.807) is 12.1 Å². The number of carbonyl (C=O) groups excluding carboxylic acids is 1. The number of amides is 2. The highest BCUT2D eigenvalue weighted by atomic mass is 32.2. The van der Waals surface area contributed by atoms with E-state index < -0.39 is 16.1 Å². The van der Waals surface area contributed by atoms with Crippen LogP contribution in [-0.2, 0) is 15.4 Å². The third-order valence-electron chi connectivity index (χ3n) is 13.6. The van der Waals surface area contributed by atoms with Crippen LogP contribution in [0.2, 0.25) is 0 Å². The Hall–Kier alpha value is -1.64. The molecule has 11 atom stereocenters. The lowest BCUT2D eigenvalue weighted by molar-refractivity contribution is -0.0964. The Bertz CT molecular complexity index is 1330. The largest absolute Gasteiger partial charge is 0.393 e. The van der Waals surface area contributed by atoms with Crippen LogP contribution in [0.1, 0.15) is 118 Å². The number of nitrogens with one attached hydrogen (secondary N) is 2. The lowest BCUT2D eigenvalue weighted by Crippen LogP contribution is -2.51. The van der Waals surface area contributed by atoms with Crippen molar-refractivity contribution in [2.24, 2.45) is 52.3 Å². The highest BCUT2D eigenvalue weighted by Crippen LogP contribution is 2.68. The molecule has 8 heteroatoms. The van der Waals surface area contributed by atoms with Gasteiger partial charge < -0.3 is 15.5 Å². The van der Waals surface area contributed by atoms with Gasteiger partial charge in [-0.15, -0.1) is 0 Å². The molecule has 4 fully saturated rings. The second-order valence-corrected chi connectivity index (χ2v) is 18.6. The summed E-state index contributed by atoms with van der Waals surface area (Å²) in [6, 6.07) is 6.09. The first kappa shape index (κ1) is 34.7. The monoisotopic (exact) mass is 644 g/mol. The van der Waals surface area contributed by atoms with Gasteiger partial charge in [-0.2, -0.15) is 0 Å². The van der Waals surface area contributed by atoms with Crippen LogP contribution in [0.25, 0.3) is 0 Å². The first-order chi connectivity index (χ1) is 21.0. The number of carbonyl (C=O) groups is 1. The number of sulfonamides is 1. The molecule has 45 heavy (non-hydrogen) atoms. The first-order valence-corrected chi connectivity index (χ1v) is 19.3. The maximum Gasteiger partial charge on any atom is 0.328 e. The summed E-state index contributed by atoms with van der Waals surface area (Å²) in [4.78, 5) is 12.8. The van der Waals surface area contributed by atoms with E-state index in [2.05, 4.69) is 37.7 Å². The lowest BCUT2D eigenvalue weighted by Gasteiger charge is -2.57. The summed E-state index contributed by atoms with van der Waals surface area (Å²) in [6.45, 7) is 16.0. The Morgan fingerprint density at radius 1 is 1.00 bits per heavy atom. The van der Waals surface area contributed by atoms with E-state index in [-0.39, 0.29) is 39.3 Å². The number of hydrogen-bond donors (Lipinski definition) is 4. The van der Waals surface area contributed by atoms with Gasteiger partial charge in [-0.1, -0.05) is 67.0 Å². The number of aliphatic hydroxyl groups is 2. The van der Waals surface area contributed by atoms with E-state index in [9.17, 15) is 23.4 Å². The molecule has 1 unspecified atom stereocenters. The minimum absolute atomic E-state index is 0.0949. The number of aliphatic hydroxyl groups excluding tert-OH is 2. The Kier molecular flexibility index (Phi) is 9.84. The van der Waals surface area contributed by atoms with E-state index in [4.69, 9.17) is 0 Å². The van der Waals surface area contributed by atoms with Gasteiger partial charge in [0.15, 0.2) is 0 Å². The van der Waals surface area contributed by atoms with Gasteiger partial charge in [0.25, 0.3) is 10.0 Å². The average Bonchev–Trinajstić information content (AvgIpc) is 3.28. The van der Waals surface area contributed by atoms with Crippen LogP contribution >= 0.6 is 0 Å². The van der Waals surface area contributed by atoms with E-state index in [1.807, 2.05) is 26.8 Å². The molecule has 4 N–H and O–H groups in total. The number of fused-ring (bicyclic) bond motifs is 5. The van der Waals surface area contributed by atoms with Crippen LogP contribution < -0.4 is 10.0 Å². The molecule has 0 radical (unpaired) electrons. The van der Waals surface area contributed by atoms with E-state index in [1.165, 1.54) is 31.7 Å². The third-order valence-corrected chi connectivity index (χ3v) is 14.9. The number of rotatable bonds is 7. The van der Waals surface area contributed by atoms with Crippen molar-refractivity contribution in [3.8, 4) is 0 Å². The molecular formula is C37H60N2O5S. The van der Waals surface area contributed by atoms with Gasteiger partial charge in [0.1, 0.15) is 0 Å². The van der Waals surface area contributed by atoms with Crippen molar-refractivity contribution in [2.45, 2.75) is 135 Å². The molecule has 254 valence electrons. The molecule has 1 aromatic rings. The van der Waals surface area contributed by atoms with Crippen molar-refractivity contribution in [2.75, 3.05) is 6.54 Å². The summed E-state index contributed by atoms with van der Waals surface area (Å²) in [5.74, 6) is 3.29. The topological polar surface area (TPSA) is 116 Å². The zero-order chi connectivity index (χ0) is 32.9. The van der Waals surface area contributed by atoms with Crippen molar-refractivity contribution < 1.29 is 23.4 Å². The Morgan fingerprint density at radius 3 is 2.38 bits per heavy atom. The predicted octanol–water partition coefficient (Wildman–Crippen LogP) is 7.02. The second-order valence-electron chi connectivity index (χ2n) is 16.9. The molecule has 2 amide bonds. The quantitative estimate of drug-likeness (QED) is 0.255. The molecule has 5 rings (SSSR count). The molecule has 7 nitrogen and oxygen atoms in total. The summed E-state index contributed by atoms with van der Waals surface area (Å²) in [5.41, 5.74) is 1.08. The average molecular weight is 645 g/mol. The highest BCUT2D eigenvalue weighted by Gasteiger charge is 2.61. The van der Waals surface area contributed by atoms with Crippen molar-refractivity contribution in [1.82, 2.24) is 10.0 Å². The van der Waals surface area contributed by atoms with Crippen molar-refractivity contribution in [3.05, 3.63) is 29.8 Å². The summed E-state index contributed by atoms with van der Waals surface area (Å²) in [5, 5.41) is 25.1. The summed E-state index contributed by atoms with van der Waals surface area (Å²) >= 11 is 0. The molecule has 4 aliphatic rings. The Labute approximate surface area is 272 Å².